The monoisotopic (exact) mass is 526 g/mol. The number of halogens is 1. The van der Waals surface area contributed by atoms with Gasteiger partial charge in [0.2, 0.25) is 5.88 Å². The lowest BCUT2D eigenvalue weighted by atomic mass is 10.2. The molecule has 0 amide bonds. The first kappa shape index (κ1) is 25.7. The molecule has 1 aromatic carbocycles. The minimum Gasteiger partial charge on any atom is -0.489 e. The largest absolute Gasteiger partial charge is 0.489 e. The van der Waals surface area contributed by atoms with Crippen molar-refractivity contribution in [3.8, 4) is 11.6 Å². The number of nitrogens with one attached hydrogen (secondary N) is 2. The van der Waals surface area contributed by atoms with E-state index in [9.17, 15) is 0 Å². The SMILES string of the molecule is C=CCOc1ccccc1CNC(=NCc1cccnc1OCCOC)NCC.I. The molecule has 164 valence electrons. The number of guanidine groups is 1. The molecule has 2 rings (SSSR count). The van der Waals surface area contributed by atoms with Crippen LogP contribution in [0.3, 0.4) is 0 Å². The highest BCUT2D eigenvalue weighted by Crippen LogP contribution is 2.18. The Bertz CT molecular complexity index is 786. The third-order valence-electron chi connectivity index (χ3n) is 3.90. The van der Waals surface area contributed by atoms with Gasteiger partial charge >= 0.3 is 0 Å². The van der Waals surface area contributed by atoms with Crippen molar-refractivity contribution in [1.29, 1.82) is 0 Å². The predicted octanol–water partition coefficient (Wildman–Crippen LogP) is 3.54. The van der Waals surface area contributed by atoms with Gasteiger partial charge in [-0.05, 0) is 19.1 Å². The Balaban J connectivity index is 0.00000450. The summed E-state index contributed by atoms with van der Waals surface area (Å²) in [4.78, 5) is 8.96. The van der Waals surface area contributed by atoms with Crippen LogP contribution in [0.5, 0.6) is 11.6 Å². The van der Waals surface area contributed by atoms with E-state index in [1.54, 1.807) is 19.4 Å². The highest BCUT2D eigenvalue weighted by atomic mass is 127. The molecule has 0 unspecified atom stereocenters. The zero-order valence-corrected chi connectivity index (χ0v) is 19.9. The van der Waals surface area contributed by atoms with Crippen LogP contribution >= 0.6 is 24.0 Å². The zero-order chi connectivity index (χ0) is 20.7. The molecule has 0 fully saturated rings. The summed E-state index contributed by atoms with van der Waals surface area (Å²) in [6.07, 6.45) is 3.44. The number of benzene rings is 1. The first-order valence-corrected chi connectivity index (χ1v) is 9.67. The van der Waals surface area contributed by atoms with E-state index < -0.39 is 0 Å². The molecule has 2 N–H and O–H groups in total. The van der Waals surface area contributed by atoms with Crippen LogP contribution in [0.25, 0.3) is 0 Å². The van der Waals surface area contributed by atoms with Crippen molar-refractivity contribution >= 4 is 29.9 Å². The van der Waals surface area contributed by atoms with E-state index in [1.165, 1.54) is 0 Å². The number of aromatic nitrogens is 1. The Kier molecular flexibility index (Phi) is 13.3. The Hall–Kier alpha value is -2.33. The Morgan fingerprint density at radius 1 is 1.10 bits per heavy atom. The van der Waals surface area contributed by atoms with E-state index in [0.717, 1.165) is 23.4 Å². The Morgan fingerprint density at radius 3 is 2.67 bits per heavy atom. The molecule has 1 aromatic heterocycles. The summed E-state index contributed by atoms with van der Waals surface area (Å²) in [5, 5.41) is 6.61. The first-order valence-electron chi connectivity index (χ1n) is 9.67. The van der Waals surface area contributed by atoms with Crippen LogP contribution in [0, 0.1) is 0 Å². The molecule has 0 bridgehead atoms. The molecule has 0 aliphatic heterocycles. The van der Waals surface area contributed by atoms with E-state index in [-0.39, 0.29) is 24.0 Å². The van der Waals surface area contributed by atoms with Crippen molar-refractivity contribution < 1.29 is 14.2 Å². The molecular weight excluding hydrogens is 495 g/mol. The first-order chi connectivity index (χ1) is 14.3. The number of para-hydroxylation sites is 1. The van der Waals surface area contributed by atoms with Crippen LogP contribution in [0.15, 0.2) is 60.2 Å². The number of hydrogen-bond acceptors (Lipinski definition) is 5. The number of nitrogens with zero attached hydrogens (tertiary/aromatic N) is 2. The fourth-order valence-corrected chi connectivity index (χ4v) is 2.52. The normalized spacial score (nSPS) is 10.7. The lowest BCUT2D eigenvalue weighted by molar-refractivity contribution is 0.143. The number of hydrogen-bond donors (Lipinski definition) is 2. The van der Waals surface area contributed by atoms with Gasteiger partial charge in [0.05, 0.1) is 13.2 Å². The van der Waals surface area contributed by atoms with Gasteiger partial charge in [0.25, 0.3) is 0 Å². The maximum Gasteiger partial charge on any atom is 0.218 e. The van der Waals surface area contributed by atoms with E-state index in [4.69, 9.17) is 14.2 Å². The number of rotatable bonds is 12. The molecule has 0 saturated heterocycles. The minimum atomic E-state index is 0. The lowest BCUT2D eigenvalue weighted by Crippen LogP contribution is -2.36. The number of aliphatic imine (C=N–C) groups is 1. The molecule has 7 nitrogen and oxygen atoms in total. The standard InChI is InChI=1S/C22H30N4O3.HI/c1-4-13-28-20-11-7-6-9-18(20)16-25-22(23-5-2)26-17-19-10-8-12-24-21(19)29-15-14-27-3;/h4,6-12H,1,5,13-17H2,2-3H3,(H2,23,25,26);1H. The summed E-state index contributed by atoms with van der Waals surface area (Å²) >= 11 is 0. The van der Waals surface area contributed by atoms with Gasteiger partial charge in [0.1, 0.15) is 19.0 Å². The van der Waals surface area contributed by atoms with E-state index in [2.05, 4.69) is 27.2 Å². The lowest BCUT2D eigenvalue weighted by Gasteiger charge is -2.14. The summed E-state index contributed by atoms with van der Waals surface area (Å²) in [7, 11) is 1.64. The van der Waals surface area contributed by atoms with Crippen LogP contribution in [0.4, 0.5) is 0 Å². The van der Waals surface area contributed by atoms with E-state index >= 15 is 0 Å². The van der Waals surface area contributed by atoms with Gasteiger partial charge in [-0.25, -0.2) is 9.98 Å². The van der Waals surface area contributed by atoms with Gasteiger partial charge in [0.15, 0.2) is 5.96 Å². The second-order valence-corrected chi connectivity index (χ2v) is 6.07. The summed E-state index contributed by atoms with van der Waals surface area (Å²) in [6.45, 7) is 8.94. The predicted molar refractivity (Wildman–Crippen MR) is 131 cm³/mol. The quantitative estimate of drug-likeness (QED) is 0.145. The van der Waals surface area contributed by atoms with Crippen LogP contribution < -0.4 is 20.1 Å². The summed E-state index contributed by atoms with van der Waals surface area (Å²) in [6, 6.07) is 11.7. The van der Waals surface area contributed by atoms with Crippen molar-refractivity contribution in [2.45, 2.75) is 20.0 Å². The van der Waals surface area contributed by atoms with Crippen molar-refractivity contribution in [2.24, 2.45) is 4.99 Å². The van der Waals surface area contributed by atoms with Crippen LogP contribution in [-0.4, -0.2) is 44.4 Å². The highest BCUT2D eigenvalue weighted by Gasteiger charge is 2.07. The van der Waals surface area contributed by atoms with Gasteiger partial charge in [-0.15, -0.1) is 24.0 Å². The molecular formula is C22H31IN4O3. The fraction of sp³-hybridized carbons (Fsp3) is 0.364. The molecule has 0 saturated carbocycles. The summed E-state index contributed by atoms with van der Waals surface area (Å²) in [5.41, 5.74) is 1.96. The van der Waals surface area contributed by atoms with E-state index in [1.807, 2.05) is 43.3 Å². The highest BCUT2D eigenvalue weighted by molar-refractivity contribution is 14.0. The van der Waals surface area contributed by atoms with Gasteiger partial charge in [-0.1, -0.05) is 36.9 Å². The second-order valence-electron chi connectivity index (χ2n) is 6.07. The van der Waals surface area contributed by atoms with Crippen molar-refractivity contribution in [3.63, 3.8) is 0 Å². The molecule has 0 aliphatic carbocycles. The average Bonchev–Trinajstić information content (AvgIpc) is 2.75. The smallest absolute Gasteiger partial charge is 0.218 e. The topological polar surface area (TPSA) is 77.0 Å². The van der Waals surface area contributed by atoms with E-state index in [0.29, 0.717) is 44.7 Å². The van der Waals surface area contributed by atoms with Gasteiger partial charge in [-0.2, -0.15) is 0 Å². The van der Waals surface area contributed by atoms with Gasteiger partial charge in [-0.3, -0.25) is 0 Å². The van der Waals surface area contributed by atoms with Crippen LogP contribution in [-0.2, 0) is 17.8 Å². The van der Waals surface area contributed by atoms with Crippen molar-refractivity contribution in [2.75, 3.05) is 33.5 Å². The molecule has 1 heterocycles. The Morgan fingerprint density at radius 2 is 1.90 bits per heavy atom. The molecule has 0 atom stereocenters. The zero-order valence-electron chi connectivity index (χ0n) is 17.6. The molecule has 8 heteroatoms. The van der Waals surface area contributed by atoms with Gasteiger partial charge in [0, 0.05) is 37.5 Å². The number of ether oxygens (including phenoxy) is 3. The molecule has 0 radical (unpaired) electrons. The van der Waals surface area contributed by atoms with Crippen molar-refractivity contribution in [3.05, 3.63) is 66.4 Å². The van der Waals surface area contributed by atoms with Crippen molar-refractivity contribution in [1.82, 2.24) is 15.6 Å². The minimum absolute atomic E-state index is 0. The van der Waals surface area contributed by atoms with Gasteiger partial charge < -0.3 is 24.8 Å². The molecule has 0 spiro atoms. The maximum absolute atomic E-state index is 5.72. The third kappa shape index (κ3) is 9.00. The Labute approximate surface area is 196 Å². The maximum atomic E-state index is 5.72. The number of pyridine rings is 1. The molecule has 0 aliphatic rings. The molecule has 30 heavy (non-hydrogen) atoms. The fourth-order valence-electron chi connectivity index (χ4n) is 2.52. The van der Waals surface area contributed by atoms with Crippen LogP contribution in [0.1, 0.15) is 18.1 Å². The summed E-state index contributed by atoms with van der Waals surface area (Å²) < 4.78 is 16.4. The number of methoxy groups -OCH3 is 1. The summed E-state index contributed by atoms with van der Waals surface area (Å²) in [5.74, 6) is 2.11. The molecule has 2 aromatic rings. The third-order valence-corrected chi connectivity index (χ3v) is 3.90. The van der Waals surface area contributed by atoms with Crippen LogP contribution in [0.2, 0.25) is 0 Å². The average molecular weight is 526 g/mol. The second kappa shape index (κ2) is 15.5.